The average molecular weight is 730 g/mol. The average Bonchev–Trinajstić information content (AvgIpc) is 4.01. The lowest BCUT2D eigenvalue weighted by atomic mass is 9.69. The zero-order valence-electron chi connectivity index (χ0n) is 30.7. The lowest BCUT2D eigenvalue weighted by Gasteiger charge is -2.31. The molecule has 266 valence electrons. The van der Waals surface area contributed by atoms with Crippen LogP contribution in [0.25, 0.3) is 94.7 Å². The van der Waals surface area contributed by atoms with Crippen molar-refractivity contribution in [3.63, 3.8) is 0 Å². The molecule has 13 rings (SSSR count). The molecule has 3 heterocycles. The molecule has 1 atom stereocenters. The van der Waals surface area contributed by atoms with E-state index in [4.69, 9.17) is 23.8 Å². The fraction of sp³-hybridized carbons (Fsp3) is 0.0577. The van der Waals surface area contributed by atoms with Gasteiger partial charge in [-0.3, -0.25) is 0 Å². The molecule has 0 aliphatic heterocycles. The summed E-state index contributed by atoms with van der Waals surface area (Å²) in [5.74, 6) is 1.83. The molecule has 0 amide bonds. The number of benzene rings is 7. The highest BCUT2D eigenvalue weighted by atomic mass is 16.3. The van der Waals surface area contributed by atoms with Gasteiger partial charge in [0.15, 0.2) is 17.5 Å². The highest BCUT2D eigenvalue weighted by Crippen LogP contribution is 2.65. The highest BCUT2D eigenvalue weighted by molar-refractivity contribution is 6.08. The molecule has 0 saturated heterocycles. The second-order valence-electron chi connectivity index (χ2n) is 15.3. The van der Waals surface area contributed by atoms with Gasteiger partial charge in [-0.1, -0.05) is 115 Å². The van der Waals surface area contributed by atoms with Crippen LogP contribution in [-0.4, -0.2) is 15.0 Å². The van der Waals surface area contributed by atoms with E-state index in [1.54, 1.807) is 0 Å². The van der Waals surface area contributed by atoms with Crippen molar-refractivity contribution in [2.24, 2.45) is 0 Å². The van der Waals surface area contributed by atoms with E-state index in [2.05, 4.69) is 115 Å². The zero-order chi connectivity index (χ0) is 37.2. The first kappa shape index (κ1) is 30.9. The summed E-state index contributed by atoms with van der Waals surface area (Å²) in [6, 6.07) is 53.4. The molecule has 3 aromatic heterocycles. The van der Waals surface area contributed by atoms with Crippen LogP contribution in [0, 0.1) is 0 Å². The maximum absolute atomic E-state index is 6.22. The Morgan fingerprint density at radius 3 is 1.60 bits per heavy atom. The fourth-order valence-electron chi connectivity index (χ4n) is 10.1. The van der Waals surface area contributed by atoms with E-state index >= 15 is 0 Å². The number of rotatable bonds is 3. The van der Waals surface area contributed by atoms with Gasteiger partial charge in [0, 0.05) is 38.2 Å². The topological polar surface area (TPSA) is 65.0 Å². The monoisotopic (exact) mass is 729 g/mol. The van der Waals surface area contributed by atoms with Gasteiger partial charge in [0.25, 0.3) is 0 Å². The number of aromatic nitrogens is 3. The Kier molecular flexibility index (Phi) is 6.15. The Bertz CT molecular complexity index is 3300. The Balaban J connectivity index is 1.08. The summed E-state index contributed by atoms with van der Waals surface area (Å²) in [4.78, 5) is 16.0. The molecule has 5 heteroatoms. The zero-order valence-corrected chi connectivity index (χ0v) is 30.7. The van der Waals surface area contributed by atoms with Crippen LogP contribution in [0.4, 0.5) is 0 Å². The molecule has 3 aliphatic rings. The standard InChI is InChI=1S/C52H31N3O2/c1-6-18-40-32(12-1)33-13-2-7-19-41(33)52(40)42-20-8-3-16-36(42)48-37(17-11-21-43(48)52)51-54-49(30-24-26-46-38(28-30)34-14-4-9-22-44(34)56-46)53-50(55-51)31-25-27-47-39(29-31)35-15-5-10-23-45(35)57-47/h1,3-6,8-29H,2,7H2. The molecular formula is C52H31N3O2. The van der Waals surface area contributed by atoms with Gasteiger partial charge >= 0.3 is 0 Å². The van der Waals surface area contributed by atoms with E-state index in [1.807, 2.05) is 48.5 Å². The molecule has 10 aromatic rings. The Hall–Kier alpha value is -7.37. The molecule has 0 saturated carbocycles. The largest absolute Gasteiger partial charge is 0.456 e. The molecule has 5 nitrogen and oxygen atoms in total. The molecule has 57 heavy (non-hydrogen) atoms. The van der Waals surface area contributed by atoms with Crippen LogP contribution in [0.2, 0.25) is 0 Å². The van der Waals surface area contributed by atoms with Crippen molar-refractivity contribution >= 4 is 49.5 Å². The van der Waals surface area contributed by atoms with Gasteiger partial charge in [0.1, 0.15) is 22.3 Å². The molecule has 0 bridgehead atoms. The molecule has 0 N–H and O–H groups in total. The number of hydrogen-bond acceptors (Lipinski definition) is 5. The van der Waals surface area contributed by atoms with Crippen molar-refractivity contribution in [1.82, 2.24) is 15.0 Å². The van der Waals surface area contributed by atoms with Crippen molar-refractivity contribution < 1.29 is 8.83 Å². The van der Waals surface area contributed by atoms with Crippen LogP contribution in [0.3, 0.4) is 0 Å². The predicted octanol–water partition coefficient (Wildman–Crippen LogP) is 13.1. The fourth-order valence-corrected chi connectivity index (χ4v) is 10.1. The van der Waals surface area contributed by atoms with Crippen LogP contribution in [0.15, 0.2) is 178 Å². The number of para-hydroxylation sites is 2. The third kappa shape index (κ3) is 4.15. The third-order valence-electron chi connectivity index (χ3n) is 12.4. The Labute approximate surface area is 327 Å². The van der Waals surface area contributed by atoms with Gasteiger partial charge in [-0.2, -0.15) is 0 Å². The first-order valence-electron chi connectivity index (χ1n) is 19.6. The molecule has 7 aromatic carbocycles. The third-order valence-corrected chi connectivity index (χ3v) is 12.4. The van der Waals surface area contributed by atoms with Gasteiger partial charge in [-0.25, -0.2) is 15.0 Å². The second kappa shape index (κ2) is 11.3. The molecule has 0 fully saturated rings. The van der Waals surface area contributed by atoms with Crippen molar-refractivity contribution in [2.75, 3.05) is 0 Å². The summed E-state index contributed by atoms with van der Waals surface area (Å²) in [5, 5.41) is 4.18. The maximum Gasteiger partial charge on any atom is 0.164 e. The first-order chi connectivity index (χ1) is 28.2. The minimum absolute atomic E-state index is 0.426. The van der Waals surface area contributed by atoms with Gasteiger partial charge in [0.2, 0.25) is 0 Å². The molecular weight excluding hydrogens is 699 g/mol. The molecule has 3 aliphatic carbocycles. The van der Waals surface area contributed by atoms with E-state index in [9.17, 15) is 0 Å². The van der Waals surface area contributed by atoms with Gasteiger partial charge in [0.05, 0.1) is 5.41 Å². The van der Waals surface area contributed by atoms with Crippen molar-refractivity contribution in [1.29, 1.82) is 0 Å². The summed E-state index contributed by atoms with van der Waals surface area (Å²) < 4.78 is 12.4. The van der Waals surface area contributed by atoms with Crippen LogP contribution in [0.1, 0.15) is 35.1 Å². The van der Waals surface area contributed by atoms with Crippen LogP contribution >= 0.6 is 0 Å². The first-order valence-corrected chi connectivity index (χ1v) is 19.6. The molecule has 1 unspecified atom stereocenters. The second-order valence-corrected chi connectivity index (χ2v) is 15.3. The van der Waals surface area contributed by atoms with Gasteiger partial charge < -0.3 is 8.83 Å². The van der Waals surface area contributed by atoms with Gasteiger partial charge in [-0.15, -0.1) is 0 Å². The molecule has 0 radical (unpaired) electrons. The minimum atomic E-state index is -0.426. The summed E-state index contributed by atoms with van der Waals surface area (Å²) in [6.45, 7) is 0. The number of allylic oxidation sites excluding steroid dienone is 4. The van der Waals surface area contributed by atoms with E-state index in [-0.39, 0.29) is 0 Å². The smallest absolute Gasteiger partial charge is 0.164 e. The Morgan fingerprint density at radius 1 is 0.404 bits per heavy atom. The summed E-state index contributed by atoms with van der Waals surface area (Å²) in [6.07, 6.45) is 7.00. The predicted molar refractivity (Wildman–Crippen MR) is 228 cm³/mol. The van der Waals surface area contributed by atoms with Crippen molar-refractivity contribution in [2.45, 2.75) is 18.3 Å². The summed E-state index contributed by atoms with van der Waals surface area (Å²) in [7, 11) is 0. The number of fused-ring (bicyclic) bond motifs is 16. The minimum Gasteiger partial charge on any atom is -0.456 e. The highest BCUT2D eigenvalue weighted by Gasteiger charge is 2.54. The number of hydrogen-bond donors (Lipinski definition) is 0. The lowest BCUT2D eigenvalue weighted by molar-refractivity contribution is 0.668. The van der Waals surface area contributed by atoms with Crippen molar-refractivity contribution in [3.8, 4) is 45.3 Å². The normalized spacial score (nSPS) is 16.6. The lowest BCUT2D eigenvalue weighted by Crippen LogP contribution is -2.26. The SMILES string of the molecule is C1=C2C(=CCC1)C1(c3ccccc32)c2ccccc2-c2c(-c3nc(-c4ccc5oc6ccccc6c5c4)nc(-c4ccc5oc6ccccc6c5c4)n3)cccc21. The van der Waals surface area contributed by atoms with E-state index in [0.29, 0.717) is 17.5 Å². The summed E-state index contributed by atoms with van der Waals surface area (Å²) in [5.41, 5.74) is 16.1. The van der Waals surface area contributed by atoms with E-state index in [1.165, 1.54) is 44.5 Å². The maximum atomic E-state index is 6.22. The van der Waals surface area contributed by atoms with Crippen LogP contribution < -0.4 is 0 Å². The van der Waals surface area contributed by atoms with Crippen LogP contribution in [-0.2, 0) is 5.41 Å². The van der Waals surface area contributed by atoms with E-state index in [0.717, 1.165) is 73.4 Å². The number of furan rings is 2. The van der Waals surface area contributed by atoms with Crippen molar-refractivity contribution in [3.05, 3.63) is 192 Å². The van der Waals surface area contributed by atoms with Gasteiger partial charge in [-0.05, 0) is 106 Å². The van der Waals surface area contributed by atoms with Crippen LogP contribution in [0.5, 0.6) is 0 Å². The number of nitrogens with zero attached hydrogens (tertiary/aromatic N) is 3. The van der Waals surface area contributed by atoms with E-state index < -0.39 is 5.41 Å². The summed E-state index contributed by atoms with van der Waals surface area (Å²) >= 11 is 0. The molecule has 1 spiro atoms. The Morgan fingerprint density at radius 2 is 0.912 bits per heavy atom. The quantitative estimate of drug-likeness (QED) is 0.181.